The van der Waals surface area contributed by atoms with Crippen LogP contribution in [0, 0.1) is 17.5 Å². The van der Waals surface area contributed by atoms with Crippen molar-refractivity contribution in [2.75, 3.05) is 7.11 Å². The number of aliphatic hydroxyl groups excluding tert-OH is 1. The zero-order valence-corrected chi connectivity index (χ0v) is 12.6. The summed E-state index contributed by atoms with van der Waals surface area (Å²) in [5, 5.41) is 10.1. The van der Waals surface area contributed by atoms with Crippen molar-refractivity contribution in [3.8, 4) is 5.75 Å². The minimum Gasteiger partial charge on any atom is -0.496 e. The van der Waals surface area contributed by atoms with Crippen LogP contribution in [-0.4, -0.2) is 12.2 Å². The van der Waals surface area contributed by atoms with Crippen LogP contribution >= 0.6 is 15.9 Å². The van der Waals surface area contributed by atoms with Crippen LogP contribution in [0.5, 0.6) is 5.75 Å². The van der Waals surface area contributed by atoms with Gasteiger partial charge in [0.25, 0.3) is 0 Å². The average molecular weight is 361 g/mol. The van der Waals surface area contributed by atoms with Crippen molar-refractivity contribution in [2.24, 2.45) is 0 Å². The zero-order chi connectivity index (χ0) is 15.6. The van der Waals surface area contributed by atoms with E-state index in [0.29, 0.717) is 23.4 Å². The first-order valence-corrected chi connectivity index (χ1v) is 6.86. The van der Waals surface area contributed by atoms with Crippen molar-refractivity contribution in [2.45, 2.75) is 12.5 Å². The van der Waals surface area contributed by atoms with Crippen molar-refractivity contribution in [1.82, 2.24) is 0 Å². The number of rotatable bonds is 4. The maximum atomic E-state index is 13.6. The molecule has 0 aliphatic heterocycles. The number of ether oxygens (including phenoxy) is 1. The second-order valence-corrected chi connectivity index (χ2v) is 5.37. The number of aliphatic hydroxyl groups is 1. The van der Waals surface area contributed by atoms with Gasteiger partial charge in [-0.15, -0.1) is 0 Å². The van der Waals surface area contributed by atoms with Crippen LogP contribution in [-0.2, 0) is 6.42 Å². The minimum atomic E-state index is -1.45. The van der Waals surface area contributed by atoms with Gasteiger partial charge >= 0.3 is 0 Å². The van der Waals surface area contributed by atoms with E-state index in [4.69, 9.17) is 4.74 Å². The topological polar surface area (TPSA) is 29.5 Å². The molecule has 1 atom stereocenters. The van der Waals surface area contributed by atoms with E-state index in [-0.39, 0.29) is 6.42 Å². The van der Waals surface area contributed by atoms with Gasteiger partial charge in [0, 0.05) is 23.0 Å². The monoisotopic (exact) mass is 360 g/mol. The third-order valence-corrected chi connectivity index (χ3v) is 3.53. The summed E-state index contributed by atoms with van der Waals surface area (Å²) in [4.78, 5) is 0. The Balaban J connectivity index is 2.34. The summed E-state index contributed by atoms with van der Waals surface area (Å²) in [7, 11) is 1.46. The third-order valence-electron chi connectivity index (χ3n) is 3.03. The Bertz CT molecular complexity index is 638. The highest BCUT2D eigenvalue weighted by atomic mass is 79.9. The maximum absolute atomic E-state index is 13.6. The average Bonchev–Trinajstić information content (AvgIpc) is 2.37. The van der Waals surface area contributed by atoms with E-state index >= 15 is 0 Å². The van der Waals surface area contributed by atoms with Gasteiger partial charge in [-0.3, -0.25) is 0 Å². The highest BCUT2D eigenvalue weighted by Gasteiger charge is 2.21. The molecule has 2 rings (SSSR count). The van der Waals surface area contributed by atoms with Gasteiger partial charge < -0.3 is 9.84 Å². The van der Waals surface area contributed by atoms with Gasteiger partial charge in [-0.05, 0) is 23.8 Å². The molecule has 2 aromatic rings. The molecule has 112 valence electrons. The predicted molar refractivity (Wildman–Crippen MR) is 75.7 cm³/mol. The molecule has 0 fully saturated rings. The fourth-order valence-electron chi connectivity index (χ4n) is 2.09. The Morgan fingerprint density at radius 2 is 1.76 bits per heavy atom. The number of hydrogen-bond acceptors (Lipinski definition) is 2. The summed E-state index contributed by atoms with van der Waals surface area (Å²) in [6.07, 6.45) is -1.52. The first kappa shape index (κ1) is 15.9. The molecule has 0 spiro atoms. The first-order chi connectivity index (χ1) is 9.92. The summed E-state index contributed by atoms with van der Waals surface area (Å²) < 4.78 is 46.1. The molecular weight excluding hydrogens is 349 g/mol. The SMILES string of the molecule is COc1ccc(Br)cc1CC(O)c1c(F)cc(F)cc1F. The van der Waals surface area contributed by atoms with E-state index in [1.807, 2.05) is 0 Å². The van der Waals surface area contributed by atoms with Crippen LogP contribution in [0.4, 0.5) is 13.2 Å². The second-order valence-electron chi connectivity index (χ2n) is 4.46. The maximum Gasteiger partial charge on any atom is 0.134 e. The van der Waals surface area contributed by atoms with Crippen LogP contribution < -0.4 is 4.74 Å². The van der Waals surface area contributed by atoms with E-state index in [1.165, 1.54) is 7.11 Å². The lowest BCUT2D eigenvalue weighted by atomic mass is 9.99. The molecule has 6 heteroatoms. The molecule has 0 bridgehead atoms. The fourth-order valence-corrected chi connectivity index (χ4v) is 2.50. The van der Waals surface area contributed by atoms with Crippen molar-refractivity contribution in [1.29, 1.82) is 0 Å². The van der Waals surface area contributed by atoms with Crippen molar-refractivity contribution in [3.63, 3.8) is 0 Å². The number of benzene rings is 2. The molecule has 2 aromatic carbocycles. The van der Waals surface area contributed by atoms with E-state index in [1.54, 1.807) is 18.2 Å². The van der Waals surface area contributed by atoms with Gasteiger partial charge in [0.05, 0.1) is 18.8 Å². The molecule has 21 heavy (non-hydrogen) atoms. The molecule has 0 radical (unpaired) electrons. The Kier molecular flexibility index (Phi) is 4.90. The van der Waals surface area contributed by atoms with Crippen molar-refractivity contribution < 1.29 is 23.0 Å². The summed E-state index contributed by atoms with van der Waals surface area (Å²) in [5.41, 5.74) is 0.0147. The Labute approximate surface area is 128 Å². The predicted octanol–water partition coefficient (Wildman–Crippen LogP) is 4.15. The summed E-state index contributed by atoms with van der Waals surface area (Å²) in [6.45, 7) is 0. The van der Waals surface area contributed by atoms with E-state index < -0.39 is 29.1 Å². The number of hydrogen-bond donors (Lipinski definition) is 1. The molecule has 1 N–H and O–H groups in total. The molecule has 0 saturated heterocycles. The quantitative estimate of drug-likeness (QED) is 0.887. The summed E-state index contributed by atoms with van der Waals surface area (Å²) >= 11 is 3.28. The first-order valence-electron chi connectivity index (χ1n) is 6.07. The molecule has 0 aliphatic carbocycles. The van der Waals surface area contributed by atoms with Crippen molar-refractivity contribution in [3.05, 3.63) is 63.4 Å². The molecule has 0 amide bonds. The molecule has 0 heterocycles. The lowest BCUT2D eigenvalue weighted by molar-refractivity contribution is 0.167. The van der Waals surface area contributed by atoms with Crippen LogP contribution in [0.25, 0.3) is 0 Å². The van der Waals surface area contributed by atoms with Gasteiger partial charge in [-0.1, -0.05) is 15.9 Å². The van der Waals surface area contributed by atoms with Gasteiger partial charge in [0.2, 0.25) is 0 Å². The molecule has 1 unspecified atom stereocenters. The van der Waals surface area contributed by atoms with Crippen LogP contribution in [0.2, 0.25) is 0 Å². The summed E-state index contributed by atoms with van der Waals surface area (Å²) in [5.74, 6) is -2.77. The van der Waals surface area contributed by atoms with E-state index in [9.17, 15) is 18.3 Å². The summed E-state index contributed by atoms with van der Waals surface area (Å²) in [6, 6.07) is 6.18. The molecule has 0 saturated carbocycles. The van der Waals surface area contributed by atoms with Crippen LogP contribution in [0.15, 0.2) is 34.8 Å². The smallest absolute Gasteiger partial charge is 0.134 e. The Morgan fingerprint density at radius 1 is 1.14 bits per heavy atom. The van der Waals surface area contributed by atoms with Gasteiger partial charge in [-0.25, -0.2) is 13.2 Å². The van der Waals surface area contributed by atoms with Crippen LogP contribution in [0.1, 0.15) is 17.2 Å². The van der Waals surface area contributed by atoms with E-state index in [0.717, 1.165) is 4.47 Å². The lowest BCUT2D eigenvalue weighted by Crippen LogP contribution is -2.09. The van der Waals surface area contributed by atoms with E-state index in [2.05, 4.69) is 15.9 Å². The normalized spacial score (nSPS) is 12.3. The molecule has 0 aromatic heterocycles. The number of methoxy groups -OCH3 is 1. The van der Waals surface area contributed by atoms with Crippen LogP contribution in [0.3, 0.4) is 0 Å². The highest BCUT2D eigenvalue weighted by Crippen LogP contribution is 2.30. The number of halogens is 4. The molecule has 0 aliphatic rings. The highest BCUT2D eigenvalue weighted by molar-refractivity contribution is 9.10. The molecule has 2 nitrogen and oxygen atoms in total. The lowest BCUT2D eigenvalue weighted by Gasteiger charge is -2.15. The van der Waals surface area contributed by atoms with Crippen molar-refractivity contribution >= 4 is 15.9 Å². The van der Waals surface area contributed by atoms with Gasteiger partial charge in [0.1, 0.15) is 23.2 Å². The minimum absolute atomic E-state index is 0.0674. The second kappa shape index (κ2) is 6.49. The Morgan fingerprint density at radius 3 is 2.33 bits per heavy atom. The Hall–Kier alpha value is -1.53. The van der Waals surface area contributed by atoms with Gasteiger partial charge in [0.15, 0.2) is 0 Å². The largest absolute Gasteiger partial charge is 0.496 e. The third kappa shape index (κ3) is 3.57. The fraction of sp³-hybridized carbons (Fsp3) is 0.200. The van der Waals surface area contributed by atoms with Gasteiger partial charge in [-0.2, -0.15) is 0 Å². The zero-order valence-electron chi connectivity index (χ0n) is 11.0. The molecular formula is C15H12BrF3O2. The standard InChI is InChI=1S/C15H12BrF3O2/c1-21-14-3-2-9(16)4-8(14)5-13(20)15-11(18)6-10(17)7-12(15)19/h2-4,6-7,13,20H,5H2,1H3.